The quantitative estimate of drug-likeness (QED) is 0.851. The minimum atomic E-state index is 0.175. The van der Waals surface area contributed by atoms with Gasteiger partial charge in [0.05, 0.1) is 6.42 Å². The van der Waals surface area contributed by atoms with Crippen molar-refractivity contribution in [3.05, 3.63) is 23.0 Å². The molecule has 1 aromatic heterocycles. The van der Waals surface area contributed by atoms with Gasteiger partial charge >= 0.3 is 0 Å². The topological polar surface area (TPSA) is 45.6 Å². The van der Waals surface area contributed by atoms with Crippen LogP contribution >= 0.6 is 0 Å². The average Bonchev–Trinajstić information content (AvgIpc) is 2.73. The number of hydrogen-bond donors (Lipinski definition) is 0. The highest BCUT2D eigenvalue weighted by Gasteiger charge is 2.32. The van der Waals surface area contributed by atoms with E-state index >= 15 is 0 Å². The number of hydrogen-bond acceptors (Lipinski definition) is 2. The Bertz CT molecular complexity index is 608. The van der Waals surface area contributed by atoms with E-state index in [1.165, 1.54) is 12.1 Å². The Morgan fingerprint density at radius 1 is 1.09 bits per heavy atom. The SMILES string of the molecule is Cc1cc(CC(=O)N2CCN(C(=O)C3CCC3)CC2)c(C)n1C. The van der Waals surface area contributed by atoms with E-state index in [0.29, 0.717) is 38.5 Å². The molecule has 1 saturated heterocycles. The van der Waals surface area contributed by atoms with E-state index in [2.05, 4.69) is 24.5 Å². The van der Waals surface area contributed by atoms with Gasteiger partial charge in [0.2, 0.25) is 11.8 Å². The van der Waals surface area contributed by atoms with Crippen LogP contribution in [0.15, 0.2) is 6.07 Å². The van der Waals surface area contributed by atoms with Gasteiger partial charge in [-0.25, -0.2) is 0 Å². The molecule has 0 bridgehead atoms. The zero-order chi connectivity index (χ0) is 16.6. The number of rotatable bonds is 3. The lowest BCUT2D eigenvalue weighted by atomic mass is 9.84. The van der Waals surface area contributed by atoms with Gasteiger partial charge in [-0.2, -0.15) is 0 Å². The van der Waals surface area contributed by atoms with Gasteiger partial charge < -0.3 is 14.4 Å². The average molecular weight is 317 g/mol. The molecule has 0 N–H and O–H groups in total. The van der Waals surface area contributed by atoms with Crippen LogP contribution in [0.25, 0.3) is 0 Å². The van der Waals surface area contributed by atoms with Crippen LogP contribution in [0.2, 0.25) is 0 Å². The van der Waals surface area contributed by atoms with Gasteiger partial charge in [0.25, 0.3) is 0 Å². The zero-order valence-electron chi connectivity index (χ0n) is 14.5. The first-order valence-electron chi connectivity index (χ1n) is 8.65. The van der Waals surface area contributed by atoms with Crippen molar-refractivity contribution in [2.24, 2.45) is 13.0 Å². The molecular formula is C18H27N3O2. The third-order valence-corrected chi connectivity index (χ3v) is 5.62. The van der Waals surface area contributed by atoms with Crippen LogP contribution < -0.4 is 0 Å². The number of amides is 2. The smallest absolute Gasteiger partial charge is 0.227 e. The van der Waals surface area contributed by atoms with Gasteiger partial charge in [0, 0.05) is 50.5 Å². The summed E-state index contributed by atoms with van der Waals surface area (Å²) in [7, 11) is 2.03. The van der Waals surface area contributed by atoms with E-state index in [4.69, 9.17) is 0 Å². The number of piperazine rings is 1. The Morgan fingerprint density at radius 2 is 1.70 bits per heavy atom. The van der Waals surface area contributed by atoms with Crippen LogP contribution in [-0.4, -0.2) is 52.4 Å². The lowest BCUT2D eigenvalue weighted by Gasteiger charge is -2.38. The Morgan fingerprint density at radius 3 is 2.17 bits per heavy atom. The zero-order valence-corrected chi connectivity index (χ0v) is 14.5. The molecule has 0 spiro atoms. The molecule has 1 aliphatic carbocycles. The number of carbonyl (C=O) groups excluding carboxylic acids is 2. The van der Waals surface area contributed by atoms with Crippen molar-refractivity contribution in [2.45, 2.75) is 39.5 Å². The molecule has 2 fully saturated rings. The number of carbonyl (C=O) groups is 2. The van der Waals surface area contributed by atoms with Gasteiger partial charge in [0.15, 0.2) is 0 Å². The summed E-state index contributed by atoms with van der Waals surface area (Å²) in [6.07, 6.45) is 3.74. The van der Waals surface area contributed by atoms with Gasteiger partial charge in [-0.1, -0.05) is 6.42 Å². The molecule has 2 aliphatic rings. The fourth-order valence-corrected chi connectivity index (χ4v) is 3.48. The summed E-state index contributed by atoms with van der Waals surface area (Å²) in [5.41, 5.74) is 3.46. The van der Waals surface area contributed by atoms with Crippen molar-refractivity contribution in [2.75, 3.05) is 26.2 Å². The Hall–Kier alpha value is -1.78. The van der Waals surface area contributed by atoms with E-state index < -0.39 is 0 Å². The molecule has 5 nitrogen and oxygen atoms in total. The number of aryl methyl sites for hydroxylation is 1. The predicted molar refractivity (Wildman–Crippen MR) is 89.1 cm³/mol. The molecule has 2 amide bonds. The predicted octanol–water partition coefficient (Wildman–Crippen LogP) is 1.66. The Labute approximate surface area is 138 Å². The maximum Gasteiger partial charge on any atom is 0.227 e. The molecule has 23 heavy (non-hydrogen) atoms. The van der Waals surface area contributed by atoms with Crippen LogP contribution in [0.4, 0.5) is 0 Å². The van der Waals surface area contributed by atoms with Crippen molar-refractivity contribution in [1.29, 1.82) is 0 Å². The molecule has 1 aliphatic heterocycles. The molecule has 0 unspecified atom stereocenters. The summed E-state index contributed by atoms with van der Waals surface area (Å²) in [6.45, 7) is 6.84. The van der Waals surface area contributed by atoms with Crippen LogP contribution in [0.3, 0.4) is 0 Å². The summed E-state index contributed by atoms with van der Waals surface area (Å²) < 4.78 is 2.12. The standard InChI is InChI=1S/C18H27N3O2/c1-13-11-16(14(2)19(13)3)12-17(22)20-7-9-21(10-8-20)18(23)15-5-4-6-15/h11,15H,4-10,12H2,1-3H3. The van der Waals surface area contributed by atoms with Crippen molar-refractivity contribution in [3.8, 4) is 0 Å². The van der Waals surface area contributed by atoms with Crippen molar-refractivity contribution in [3.63, 3.8) is 0 Å². The highest BCUT2D eigenvalue weighted by Crippen LogP contribution is 2.28. The maximum atomic E-state index is 12.5. The van der Waals surface area contributed by atoms with E-state index in [1.54, 1.807) is 0 Å². The van der Waals surface area contributed by atoms with E-state index in [9.17, 15) is 9.59 Å². The van der Waals surface area contributed by atoms with Crippen LogP contribution in [0.5, 0.6) is 0 Å². The molecule has 126 valence electrons. The fourth-order valence-electron chi connectivity index (χ4n) is 3.48. The minimum absolute atomic E-state index is 0.175. The first-order valence-corrected chi connectivity index (χ1v) is 8.65. The Kier molecular flexibility index (Phi) is 4.46. The number of aromatic nitrogens is 1. The first kappa shape index (κ1) is 16.1. The molecule has 3 rings (SSSR count). The van der Waals surface area contributed by atoms with Gasteiger partial charge in [-0.3, -0.25) is 9.59 Å². The molecule has 0 radical (unpaired) electrons. The normalized spacial score (nSPS) is 18.9. The molecule has 0 aromatic carbocycles. The van der Waals surface area contributed by atoms with E-state index in [-0.39, 0.29) is 11.8 Å². The largest absolute Gasteiger partial charge is 0.352 e. The summed E-state index contributed by atoms with van der Waals surface area (Å²) in [5.74, 6) is 0.736. The molecule has 1 aromatic rings. The van der Waals surface area contributed by atoms with E-state index in [0.717, 1.165) is 24.1 Å². The molecule has 0 atom stereocenters. The van der Waals surface area contributed by atoms with E-state index in [1.807, 2.05) is 16.8 Å². The van der Waals surface area contributed by atoms with Crippen molar-refractivity contribution < 1.29 is 9.59 Å². The molecule has 2 heterocycles. The minimum Gasteiger partial charge on any atom is -0.352 e. The molecule has 5 heteroatoms. The second kappa shape index (κ2) is 6.38. The third kappa shape index (κ3) is 3.14. The van der Waals surface area contributed by atoms with Crippen molar-refractivity contribution >= 4 is 11.8 Å². The monoisotopic (exact) mass is 317 g/mol. The third-order valence-electron chi connectivity index (χ3n) is 5.62. The summed E-state index contributed by atoms with van der Waals surface area (Å²) in [5, 5.41) is 0. The number of nitrogens with zero attached hydrogens (tertiary/aromatic N) is 3. The Balaban J connectivity index is 1.53. The van der Waals surface area contributed by atoms with Crippen LogP contribution in [0, 0.1) is 19.8 Å². The summed E-state index contributed by atoms with van der Waals surface area (Å²) in [6, 6.07) is 2.10. The van der Waals surface area contributed by atoms with Gasteiger partial charge in [-0.05, 0) is 38.3 Å². The second-order valence-corrected chi connectivity index (χ2v) is 6.97. The lowest BCUT2D eigenvalue weighted by molar-refractivity contribution is -0.143. The summed E-state index contributed by atoms with van der Waals surface area (Å²) in [4.78, 5) is 28.6. The van der Waals surface area contributed by atoms with Gasteiger partial charge in [-0.15, -0.1) is 0 Å². The second-order valence-electron chi connectivity index (χ2n) is 6.97. The maximum absolute atomic E-state index is 12.5. The van der Waals surface area contributed by atoms with Crippen LogP contribution in [0.1, 0.15) is 36.2 Å². The van der Waals surface area contributed by atoms with Crippen molar-refractivity contribution in [1.82, 2.24) is 14.4 Å². The lowest BCUT2D eigenvalue weighted by Crippen LogP contribution is -2.52. The highest BCUT2D eigenvalue weighted by molar-refractivity contribution is 5.81. The fraction of sp³-hybridized carbons (Fsp3) is 0.667. The molecular weight excluding hydrogens is 290 g/mol. The van der Waals surface area contributed by atoms with Gasteiger partial charge in [0.1, 0.15) is 0 Å². The first-order chi connectivity index (χ1) is 11.0. The summed E-state index contributed by atoms with van der Waals surface area (Å²) >= 11 is 0. The van der Waals surface area contributed by atoms with Crippen LogP contribution in [-0.2, 0) is 23.1 Å². The highest BCUT2D eigenvalue weighted by atomic mass is 16.2. The molecule has 1 saturated carbocycles.